The molecule has 1 amide bonds. The molecule has 0 spiro atoms. The van der Waals surface area contributed by atoms with Crippen molar-refractivity contribution in [2.45, 2.75) is 20.0 Å². The highest BCUT2D eigenvalue weighted by molar-refractivity contribution is 5.93. The Kier molecular flexibility index (Phi) is 5.77. The van der Waals surface area contributed by atoms with Gasteiger partial charge in [-0.15, -0.1) is 10.2 Å². The minimum Gasteiger partial charge on any atom is -0.452 e. The van der Waals surface area contributed by atoms with Crippen molar-refractivity contribution >= 4 is 17.6 Å². The fourth-order valence-corrected chi connectivity index (χ4v) is 2.38. The van der Waals surface area contributed by atoms with Gasteiger partial charge in [0.1, 0.15) is 6.42 Å². The maximum Gasteiger partial charge on any atom is 0.338 e. The molecule has 0 unspecified atom stereocenters. The Morgan fingerprint density at radius 2 is 1.96 bits per heavy atom. The summed E-state index contributed by atoms with van der Waals surface area (Å²) >= 11 is 0. The van der Waals surface area contributed by atoms with Gasteiger partial charge in [0, 0.05) is 11.3 Å². The first-order valence-electron chi connectivity index (χ1n) is 8.38. The second-order valence-electron chi connectivity index (χ2n) is 5.91. The number of benzene rings is 2. The molecule has 0 aliphatic rings. The van der Waals surface area contributed by atoms with E-state index in [0.717, 1.165) is 11.1 Å². The lowest BCUT2D eigenvalue weighted by Crippen LogP contribution is -2.10. The highest BCUT2D eigenvalue weighted by atomic mass is 16.5. The van der Waals surface area contributed by atoms with Crippen LogP contribution in [0.15, 0.2) is 52.9 Å². The first-order valence-corrected chi connectivity index (χ1v) is 8.38. The summed E-state index contributed by atoms with van der Waals surface area (Å²) in [5.41, 5.74) is 2.64. The summed E-state index contributed by atoms with van der Waals surface area (Å²) in [4.78, 5) is 23.5. The fourth-order valence-electron chi connectivity index (χ4n) is 2.38. The Labute approximate surface area is 160 Å². The number of aromatic nitrogens is 2. The third-order valence-electron chi connectivity index (χ3n) is 3.70. The van der Waals surface area contributed by atoms with E-state index in [1.54, 1.807) is 18.2 Å². The van der Waals surface area contributed by atoms with Crippen molar-refractivity contribution in [3.8, 4) is 17.5 Å². The highest BCUT2D eigenvalue weighted by Gasteiger charge is 2.13. The van der Waals surface area contributed by atoms with Crippen molar-refractivity contribution < 1.29 is 18.7 Å². The lowest BCUT2D eigenvalue weighted by atomic mass is 10.1. The van der Waals surface area contributed by atoms with Crippen molar-refractivity contribution in [3.63, 3.8) is 0 Å². The average Bonchev–Trinajstić information content (AvgIpc) is 3.16. The number of rotatable bonds is 6. The van der Waals surface area contributed by atoms with Gasteiger partial charge in [-0.25, -0.2) is 4.79 Å². The summed E-state index contributed by atoms with van der Waals surface area (Å²) < 4.78 is 10.7. The largest absolute Gasteiger partial charge is 0.452 e. The molecule has 2 aromatic carbocycles. The zero-order valence-electron chi connectivity index (χ0n) is 15.0. The summed E-state index contributed by atoms with van der Waals surface area (Å²) in [6.07, 6.45) is -0.238. The molecule has 3 aromatic rings. The minimum atomic E-state index is -0.565. The average molecular weight is 376 g/mol. The molecule has 0 fully saturated rings. The van der Waals surface area contributed by atoms with Crippen LogP contribution in [-0.4, -0.2) is 22.1 Å². The molecule has 0 atom stereocenters. The topological polar surface area (TPSA) is 118 Å². The van der Waals surface area contributed by atoms with Crippen LogP contribution in [0.2, 0.25) is 0 Å². The van der Waals surface area contributed by atoms with Gasteiger partial charge in [0.2, 0.25) is 11.8 Å². The number of hydrogen-bond donors (Lipinski definition) is 1. The van der Waals surface area contributed by atoms with E-state index in [1.807, 2.05) is 31.2 Å². The fraction of sp³-hybridized carbons (Fsp3) is 0.150. The van der Waals surface area contributed by atoms with Gasteiger partial charge in [-0.1, -0.05) is 17.7 Å². The monoisotopic (exact) mass is 376 g/mol. The van der Waals surface area contributed by atoms with Gasteiger partial charge in [-0.05, 0) is 43.3 Å². The number of anilines is 1. The van der Waals surface area contributed by atoms with E-state index < -0.39 is 11.9 Å². The predicted molar refractivity (Wildman–Crippen MR) is 98.9 cm³/mol. The van der Waals surface area contributed by atoms with E-state index in [0.29, 0.717) is 17.1 Å². The van der Waals surface area contributed by atoms with Crippen LogP contribution < -0.4 is 5.32 Å². The minimum absolute atomic E-state index is 0.154. The first kappa shape index (κ1) is 18.8. The van der Waals surface area contributed by atoms with E-state index in [2.05, 4.69) is 15.5 Å². The SMILES string of the molecule is Cc1cccc(-c2nnc(COC(=O)c3ccc(NC(=O)CC#N)cc3)o2)c1. The number of nitriles is 1. The normalized spacial score (nSPS) is 10.1. The molecule has 140 valence electrons. The van der Waals surface area contributed by atoms with Gasteiger partial charge in [0.05, 0.1) is 11.6 Å². The Morgan fingerprint density at radius 1 is 1.18 bits per heavy atom. The second-order valence-corrected chi connectivity index (χ2v) is 5.91. The van der Waals surface area contributed by atoms with E-state index in [9.17, 15) is 9.59 Å². The van der Waals surface area contributed by atoms with E-state index >= 15 is 0 Å². The summed E-state index contributed by atoms with van der Waals surface area (Å²) in [7, 11) is 0. The second kappa shape index (κ2) is 8.60. The summed E-state index contributed by atoms with van der Waals surface area (Å²) in [6, 6.07) is 15.5. The lowest BCUT2D eigenvalue weighted by molar-refractivity contribution is -0.115. The van der Waals surface area contributed by atoms with Crippen LogP contribution in [-0.2, 0) is 16.1 Å². The molecular weight excluding hydrogens is 360 g/mol. The number of nitrogens with one attached hydrogen (secondary N) is 1. The predicted octanol–water partition coefficient (Wildman–Crippen LogP) is 3.25. The Balaban J connectivity index is 1.57. The number of carbonyl (C=O) groups excluding carboxylic acids is 2. The summed E-state index contributed by atoms with van der Waals surface area (Å²) in [5.74, 6) is -0.443. The van der Waals surface area contributed by atoms with Crippen LogP contribution in [0.3, 0.4) is 0 Å². The molecular formula is C20H16N4O4. The lowest BCUT2D eigenvalue weighted by Gasteiger charge is -2.05. The van der Waals surface area contributed by atoms with Crippen molar-refractivity contribution in [2.24, 2.45) is 0 Å². The summed E-state index contributed by atoms with van der Waals surface area (Å²) in [6.45, 7) is 1.81. The van der Waals surface area contributed by atoms with Gasteiger partial charge in [0.15, 0.2) is 6.61 Å². The smallest absolute Gasteiger partial charge is 0.338 e. The molecule has 0 saturated carbocycles. The molecule has 0 saturated heterocycles. The van der Waals surface area contributed by atoms with E-state index in [1.165, 1.54) is 12.1 Å². The first-order chi connectivity index (χ1) is 13.5. The van der Waals surface area contributed by atoms with Crippen LogP contribution in [0.5, 0.6) is 0 Å². The zero-order chi connectivity index (χ0) is 19.9. The molecule has 0 bridgehead atoms. The van der Waals surface area contributed by atoms with Crippen LogP contribution >= 0.6 is 0 Å². The standard InChI is InChI=1S/C20H16N4O4/c1-13-3-2-4-15(11-13)19-24-23-18(28-19)12-27-20(26)14-5-7-16(8-6-14)22-17(25)9-10-21/h2-8,11H,9,12H2,1H3,(H,22,25). The van der Waals surface area contributed by atoms with Gasteiger partial charge in [-0.3, -0.25) is 4.79 Å². The van der Waals surface area contributed by atoms with E-state index in [4.69, 9.17) is 14.4 Å². The molecule has 0 radical (unpaired) electrons. The Morgan fingerprint density at radius 3 is 2.68 bits per heavy atom. The molecule has 8 nitrogen and oxygen atoms in total. The maximum atomic E-state index is 12.1. The molecule has 3 rings (SSSR count). The Bertz CT molecular complexity index is 1030. The summed E-state index contributed by atoms with van der Waals surface area (Å²) in [5, 5.41) is 18.9. The molecule has 1 heterocycles. The van der Waals surface area contributed by atoms with Crippen LogP contribution in [0, 0.1) is 18.3 Å². The third kappa shape index (κ3) is 4.80. The van der Waals surface area contributed by atoms with Crippen molar-refractivity contribution in [2.75, 3.05) is 5.32 Å². The number of nitrogens with zero attached hydrogens (tertiary/aromatic N) is 3. The quantitative estimate of drug-likeness (QED) is 0.656. The Hall–Kier alpha value is -3.99. The number of aryl methyl sites for hydroxylation is 1. The van der Waals surface area contributed by atoms with Gasteiger partial charge >= 0.3 is 5.97 Å². The zero-order valence-corrected chi connectivity index (χ0v) is 15.0. The van der Waals surface area contributed by atoms with Gasteiger partial charge in [-0.2, -0.15) is 5.26 Å². The van der Waals surface area contributed by atoms with Crippen molar-refractivity contribution in [3.05, 3.63) is 65.5 Å². The number of carbonyl (C=O) groups is 2. The number of amides is 1. The maximum absolute atomic E-state index is 12.1. The molecule has 0 aliphatic carbocycles. The van der Waals surface area contributed by atoms with Crippen LogP contribution in [0.4, 0.5) is 5.69 Å². The molecule has 28 heavy (non-hydrogen) atoms. The van der Waals surface area contributed by atoms with E-state index in [-0.39, 0.29) is 18.9 Å². The third-order valence-corrected chi connectivity index (χ3v) is 3.70. The van der Waals surface area contributed by atoms with Crippen LogP contribution in [0.25, 0.3) is 11.5 Å². The van der Waals surface area contributed by atoms with Crippen LogP contribution in [0.1, 0.15) is 28.2 Å². The number of hydrogen-bond acceptors (Lipinski definition) is 7. The molecule has 1 N–H and O–H groups in total. The van der Waals surface area contributed by atoms with Gasteiger partial charge < -0.3 is 14.5 Å². The number of ether oxygens (including phenoxy) is 1. The number of esters is 1. The highest BCUT2D eigenvalue weighted by Crippen LogP contribution is 2.19. The van der Waals surface area contributed by atoms with Crippen molar-refractivity contribution in [1.82, 2.24) is 10.2 Å². The molecule has 8 heteroatoms. The molecule has 0 aliphatic heterocycles. The van der Waals surface area contributed by atoms with Crippen molar-refractivity contribution in [1.29, 1.82) is 5.26 Å². The van der Waals surface area contributed by atoms with Gasteiger partial charge in [0.25, 0.3) is 5.89 Å². The molecule has 1 aromatic heterocycles.